The Morgan fingerprint density at radius 2 is 1.71 bits per heavy atom. The summed E-state index contributed by atoms with van der Waals surface area (Å²) in [4.78, 5) is 17.9. The van der Waals surface area contributed by atoms with Crippen LogP contribution in [0.3, 0.4) is 0 Å². The third kappa shape index (κ3) is 4.85. The minimum absolute atomic E-state index is 0.0533. The highest BCUT2D eigenvalue weighted by molar-refractivity contribution is 6.00. The lowest BCUT2D eigenvalue weighted by atomic mass is 10.0. The van der Waals surface area contributed by atoms with Crippen LogP contribution in [0, 0.1) is 6.92 Å². The van der Waals surface area contributed by atoms with Crippen molar-refractivity contribution in [3.05, 3.63) is 66.0 Å². The van der Waals surface area contributed by atoms with E-state index in [0.29, 0.717) is 41.6 Å². The van der Waals surface area contributed by atoms with Crippen molar-refractivity contribution in [1.82, 2.24) is 19.9 Å². The summed E-state index contributed by atoms with van der Waals surface area (Å²) in [5.41, 5.74) is 5.38. The van der Waals surface area contributed by atoms with Gasteiger partial charge in [0, 0.05) is 23.4 Å². The minimum Gasteiger partial charge on any atom is -0.490 e. The Balaban J connectivity index is 1.92. The first-order valence-electron chi connectivity index (χ1n) is 12.1. The van der Waals surface area contributed by atoms with Crippen LogP contribution in [-0.2, 0) is 0 Å². The van der Waals surface area contributed by atoms with Crippen molar-refractivity contribution in [1.29, 1.82) is 0 Å². The smallest absolute Gasteiger partial charge is 0.255 e. The number of fused-ring (bicyclic) bond motifs is 1. The molecule has 0 spiro atoms. The highest BCUT2D eigenvalue weighted by atomic mass is 16.5. The molecule has 0 saturated heterocycles. The van der Waals surface area contributed by atoms with E-state index in [4.69, 9.17) is 19.6 Å². The van der Waals surface area contributed by atoms with Gasteiger partial charge in [-0.05, 0) is 51.8 Å². The Bertz CT molecular complexity index is 1330. The second-order valence-electron chi connectivity index (χ2n) is 8.39. The molecule has 35 heavy (non-hydrogen) atoms. The molecule has 2 heterocycles. The van der Waals surface area contributed by atoms with Crippen molar-refractivity contribution >= 4 is 11.6 Å². The number of rotatable bonds is 9. The average molecular weight is 473 g/mol. The molecule has 182 valence electrons. The summed E-state index contributed by atoms with van der Waals surface area (Å²) >= 11 is 0. The SMILES string of the molecule is CCOc1ccc(-c2c(C)nn3c(-c4ccccc4)c(C(=O)N[C@H](C)CC)cnc23)cc1OCC. The molecule has 0 radical (unpaired) electrons. The number of benzene rings is 2. The number of aromatic nitrogens is 3. The number of carbonyl (C=O) groups is 1. The molecule has 0 bridgehead atoms. The van der Waals surface area contributed by atoms with E-state index in [1.54, 1.807) is 10.7 Å². The van der Waals surface area contributed by atoms with Gasteiger partial charge in [0.25, 0.3) is 5.91 Å². The van der Waals surface area contributed by atoms with Crippen LogP contribution in [0.5, 0.6) is 11.5 Å². The zero-order valence-corrected chi connectivity index (χ0v) is 21.0. The van der Waals surface area contributed by atoms with E-state index in [9.17, 15) is 4.79 Å². The number of hydrogen-bond donors (Lipinski definition) is 1. The van der Waals surface area contributed by atoms with Gasteiger partial charge in [-0.25, -0.2) is 9.50 Å². The van der Waals surface area contributed by atoms with Crippen LogP contribution in [0.1, 0.15) is 50.2 Å². The first-order valence-corrected chi connectivity index (χ1v) is 12.1. The molecular weight excluding hydrogens is 440 g/mol. The fourth-order valence-electron chi connectivity index (χ4n) is 4.08. The van der Waals surface area contributed by atoms with Crippen LogP contribution in [-0.4, -0.2) is 39.8 Å². The van der Waals surface area contributed by atoms with Crippen LogP contribution in [0.25, 0.3) is 28.0 Å². The summed E-state index contributed by atoms with van der Waals surface area (Å²) in [6.07, 6.45) is 2.49. The summed E-state index contributed by atoms with van der Waals surface area (Å²) in [5.74, 6) is 1.22. The van der Waals surface area contributed by atoms with E-state index < -0.39 is 0 Å². The Morgan fingerprint density at radius 1 is 1.00 bits per heavy atom. The molecule has 0 aliphatic carbocycles. The molecule has 4 rings (SSSR count). The van der Waals surface area contributed by atoms with Gasteiger partial charge in [0.1, 0.15) is 0 Å². The lowest BCUT2D eigenvalue weighted by molar-refractivity contribution is 0.0939. The fraction of sp³-hybridized carbons (Fsp3) is 0.321. The summed E-state index contributed by atoms with van der Waals surface area (Å²) in [6.45, 7) is 11.0. The molecule has 0 fully saturated rings. The van der Waals surface area contributed by atoms with E-state index in [-0.39, 0.29) is 11.9 Å². The van der Waals surface area contributed by atoms with Gasteiger partial charge in [0.05, 0.1) is 30.2 Å². The molecular formula is C28H32N4O3. The van der Waals surface area contributed by atoms with Crippen molar-refractivity contribution in [3.63, 3.8) is 0 Å². The van der Waals surface area contributed by atoms with Gasteiger partial charge in [-0.3, -0.25) is 4.79 Å². The quantitative estimate of drug-likeness (QED) is 0.338. The Kier molecular flexibility index (Phi) is 7.34. The molecule has 1 amide bonds. The maximum Gasteiger partial charge on any atom is 0.255 e. The van der Waals surface area contributed by atoms with Crippen LogP contribution in [0.2, 0.25) is 0 Å². The second-order valence-corrected chi connectivity index (χ2v) is 8.39. The minimum atomic E-state index is -0.165. The number of aryl methyl sites for hydroxylation is 1. The third-order valence-electron chi connectivity index (χ3n) is 5.93. The lowest BCUT2D eigenvalue weighted by Gasteiger charge is -2.15. The van der Waals surface area contributed by atoms with Crippen LogP contribution in [0.15, 0.2) is 54.7 Å². The zero-order valence-electron chi connectivity index (χ0n) is 21.0. The van der Waals surface area contributed by atoms with Gasteiger partial charge >= 0.3 is 0 Å². The van der Waals surface area contributed by atoms with E-state index in [0.717, 1.165) is 28.8 Å². The molecule has 2 aromatic carbocycles. The van der Waals surface area contributed by atoms with Crippen molar-refractivity contribution in [2.24, 2.45) is 0 Å². The molecule has 0 aliphatic heterocycles. The number of nitrogens with zero attached hydrogens (tertiary/aromatic N) is 3. The molecule has 4 aromatic rings. The largest absolute Gasteiger partial charge is 0.490 e. The summed E-state index contributed by atoms with van der Waals surface area (Å²) in [6, 6.07) is 15.8. The molecule has 0 aliphatic rings. The highest BCUT2D eigenvalue weighted by Gasteiger charge is 2.23. The van der Waals surface area contributed by atoms with E-state index >= 15 is 0 Å². The monoisotopic (exact) mass is 472 g/mol. The predicted molar refractivity (Wildman–Crippen MR) is 138 cm³/mol. The molecule has 7 nitrogen and oxygen atoms in total. The van der Waals surface area contributed by atoms with Gasteiger partial charge < -0.3 is 14.8 Å². The summed E-state index contributed by atoms with van der Waals surface area (Å²) in [5, 5.41) is 7.91. The van der Waals surface area contributed by atoms with Gasteiger partial charge in [-0.1, -0.05) is 43.3 Å². The molecule has 1 atom stereocenters. The molecule has 7 heteroatoms. The second kappa shape index (κ2) is 10.6. The third-order valence-corrected chi connectivity index (χ3v) is 5.93. The van der Waals surface area contributed by atoms with Crippen LogP contribution < -0.4 is 14.8 Å². The predicted octanol–water partition coefficient (Wildman–Crippen LogP) is 5.70. The van der Waals surface area contributed by atoms with Gasteiger partial charge in [-0.15, -0.1) is 0 Å². The van der Waals surface area contributed by atoms with Crippen LogP contribution in [0.4, 0.5) is 0 Å². The van der Waals surface area contributed by atoms with Gasteiger partial charge in [-0.2, -0.15) is 5.10 Å². The fourth-order valence-corrected chi connectivity index (χ4v) is 4.08. The topological polar surface area (TPSA) is 77.8 Å². The first kappa shape index (κ1) is 24.3. The normalized spacial score (nSPS) is 11.9. The summed E-state index contributed by atoms with van der Waals surface area (Å²) in [7, 11) is 0. The van der Waals surface area contributed by atoms with Crippen molar-refractivity contribution in [3.8, 4) is 33.9 Å². The summed E-state index contributed by atoms with van der Waals surface area (Å²) < 4.78 is 13.4. The van der Waals surface area contributed by atoms with Gasteiger partial charge in [0.15, 0.2) is 17.1 Å². The maximum atomic E-state index is 13.2. The molecule has 0 unspecified atom stereocenters. The van der Waals surface area contributed by atoms with Gasteiger partial charge in [0.2, 0.25) is 0 Å². The standard InChI is InChI=1S/C28H32N4O3/c1-6-18(4)30-28(33)22-17-29-27-25(21-14-15-23(34-7-2)24(16-21)35-8-3)19(5)31-32(27)26(22)20-12-10-9-11-13-20/h9-18H,6-8H2,1-5H3,(H,30,33)/t18-/m1/s1. The first-order chi connectivity index (χ1) is 17.0. The number of amides is 1. The zero-order chi connectivity index (χ0) is 24.9. The number of hydrogen-bond acceptors (Lipinski definition) is 5. The Hall–Kier alpha value is -3.87. The molecule has 2 aromatic heterocycles. The lowest BCUT2D eigenvalue weighted by Crippen LogP contribution is -2.32. The van der Waals surface area contributed by atoms with Crippen molar-refractivity contribution in [2.75, 3.05) is 13.2 Å². The Morgan fingerprint density at radius 3 is 2.40 bits per heavy atom. The maximum absolute atomic E-state index is 13.2. The highest BCUT2D eigenvalue weighted by Crippen LogP contribution is 2.37. The Labute approximate surface area is 206 Å². The van der Waals surface area contributed by atoms with Crippen molar-refractivity contribution < 1.29 is 14.3 Å². The van der Waals surface area contributed by atoms with E-state index in [1.807, 2.05) is 83.1 Å². The number of ether oxygens (including phenoxy) is 2. The molecule has 1 N–H and O–H groups in total. The number of carbonyl (C=O) groups excluding carboxylic acids is 1. The van der Waals surface area contributed by atoms with Crippen LogP contribution >= 0.6 is 0 Å². The van der Waals surface area contributed by atoms with E-state index in [1.165, 1.54) is 0 Å². The molecule has 0 saturated carbocycles. The van der Waals surface area contributed by atoms with Crippen molar-refractivity contribution in [2.45, 2.75) is 47.1 Å². The van der Waals surface area contributed by atoms with E-state index in [2.05, 4.69) is 5.32 Å². The average Bonchev–Trinajstić information content (AvgIpc) is 3.20. The number of nitrogens with one attached hydrogen (secondary N) is 1.